The summed E-state index contributed by atoms with van der Waals surface area (Å²) in [5.74, 6) is 1.02. The van der Waals surface area contributed by atoms with Gasteiger partial charge in [0.25, 0.3) is 5.91 Å². The van der Waals surface area contributed by atoms with E-state index in [0.29, 0.717) is 47.6 Å². The molecule has 8 heteroatoms. The Balaban J connectivity index is 1.47. The average molecular weight is 430 g/mol. The minimum absolute atomic E-state index is 0.0395. The molecule has 0 aliphatic carbocycles. The Labute approximate surface area is 178 Å². The van der Waals surface area contributed by atoms with E-state index in [0.717, 1.165) is 18.4 Å². The number of amides is 1. The van der Waals surface area contributed by atoms with Gasteiger partial charge in [-0.1, -0.05) is 23.7 Å². The van der Waals surface area contributed by atoms with Gasteiger partial charge in [0.15, 0.2) is 0 Å². The van der Waals surface area contributed by atoms with Crippen LogP contribution in [-0.4, -0.2) is 41.2 Å². The second-order valence-electron chi connectivity index (χ2n) is 7.27. The summed E-state index contributed by atoms with van der Waals surface area (Å²) in [7, 11) is 1.53. The fourth-order valence-electron chi connectivity index (χ4n) is 3.66. The second kappa shape index (κ2) is 8.83. The highest BCUT2D eigenvalue weighted by Gasteiger charge is 2.30. The van der Waals surface area contributed by atoms with Gasteiger partial charge in [0, 0.05) is 18.1 Å². The first-order chi connectivity index (χ1) is 14.5. The number of benzene rings is 2. The van der Waals surface area contributed by atoms with Crippen molar-refractivity contribution in [1.82, 2.24) is 15.1 Å². The van der Waals surface area contributed by atoms with Gasteiger partial charge in [-0.3, -0.25) is 4.79 Å². The van der Waals surface area contributed by atoms with Gasteiger partial charge in [0.2, 0.25) is 11.8 Å². The first kappa shape index (κ1) is 20.3. The Morgan fingerprint density at radius 2 is 2.07 bits per heavy atom. The molecular formula is C22H21ClFN3O3. The standard InChI is InChI=1S/C22H21ClFN3O3/c1-29-19-9-6-16(23)12-18(19)22(28)27-10-2-3-15(13-27)21-26-25-20(30-21)11-14-4-7-17(24)8-5-14/h4-9,12,15H,2-3,10-11,13H2,1H3. The molecule has 0 N–H and O–H groups in total. The third kappa shape index (κ3) is 4.46. The molecule has 2 heterocycles. The number of hydrogen-bond donors (Lipinski definition) is 0. The summed E-state index contributed by atoms with van der Waals surface area (Å²) >= 11 is 6.08. The first-order valence-corrected chi connectivity index (χ1v) is 10.1. The van der Waals surface area contributed by atoms with Crippen molar-refractivity contribution < 1.29 is 18.3 Å². The van der Waals surface area contributed by atoms with E-state index in [9.17, 15) is 9.18 Å². The molecule has 1 atom stereocenters. The summed E-state index contributed by atoms with van der Waals surface area (Å²) in [6, 6.07) is 11.2. The van der Waals surface area contributed by atoms with Crippen LogP contribution in [0.15, 0.2) is 46.9 Å². The number of carbonyl (C=O) groups is 1. The van der Waals surface area contributed by atoms with E-state index in [2.05, 4.69) is 10.2 Å². The van der Waals surface area contributed by atoms with Crippen LogP contribution in [-0.2, 0) is 6.42 Å². The summed E-state index contributed by atoms with van der Waals surface area (Å²) in [5.41, 5.74) is 1.33. The van der Waals surface area contributed by atoms with Gasteiger partial charge < -0.3 is 14.1 Å². The lowest BCUT2D eigenvalue weighted by Crippen LogP contribution is -2.39. The Hall–Kier alpha value is -2.93. The summed E-state index contributed by atoms with van der Waals surface area (Å²) < 4.78 is 24.2. The van der Waals surface area contributed by atoms with Gasteiger partial charge in [-0.2, -0.15) is 0 Å². The molecule has 1 amide bonds. The number of piperidine rings is 1. The molecule has 2 aromatic carbocycles. The van der Waals surface area contributed by atoms with E-state index >= 15 is 0 Å². The second-order valence-corrected chi connectivity index (χ2v) is 7.71. The lowest BCUT2D eigenvalue weighted by Gasteiger charge is -2.31. The van der Waals surface area contributed by atoms with Crippen LogP contribution in [0.3, 0.4) is 0 Å². The van der Waals surface area contributed by atoms with Gasteiger partial charge in [-0.05, 0) is 48.7 Å². The fourth-order valence-corrected chi connectivity index (χ4v) is 3.83. The van der Waals surface area contributed by atoms with Crippen LogP contribution >= 0.6 is 11.6 Å². The number of likely N-dealkylation sites (tertiary alicyclic amines) is 1. The van der Waals surface area contributed by atoms with E-state index in [1.165, 1.54) is 19.2 Å². The first-order valence-electron chi connectivity index (χ1n) is 9.73. The van der Waals surface area contributed by atoms with E-state index in [1.54, 1.807) is 35.2 Å². The molecule has 3 aromatic rings. The summed E-state index contributed by atoms with van der Waals surface area (Å²) in [6.07, 6.45) is 2.12. The number of halogens is 2. The van der Waals surface area contributed by atoms with Crippen LogP contribution in [0.4, 0.5) is 4.39 Å². The number of carbonyl (C=O) groups excluding carboxylic acids is 1. The van der Waals surface area contributed by atoms with Crippen molar-refractivity contribution in [3.8, 4) is 5.75 Å². The maximum absolute atomic E-state index is 13.1. The minimum atomic E-state index is -0.284. The summed E-state index contributed by atoms with van der Waals surface area (Å²) in [4.78, 5) is 14.8. The van der Waals surface area contributed by atoms with Crippen molar-refractivity contribution in [1.29, 1.82) is 0 Å². The molecule has 1 unspecified atom stereocenters. The highest BCUT2D eigenvalue weighted by Crippen LogP contribution is 2.30. The largest absolute Gasteiger partial charge is 0.496 e. The van der Waals surface area contributed by atoms with Gasteiger partial charge in [0.1, 0.15) is 11.6 Å². The fraction of sp³-hybridized carbons (Fsp3) is 0.318. The zero-order chi connectivity index (χ0) is 21.1. The molecule has 0 spiro atoms. The Morgan fingerprint density at radius 3 is 2.83 bits per heavy atom. The lowest BCUT2D eigenvalue weighted by molar-refractivity contribution is 0.0694. The normalized spacial score (nSPS) is 16.5. The van der Waals surface area contributed by atoms with Crippen molar-refractivity contribution in [2.45, 2.75) is 25.2 Å². The van der Waals surface area contributed by atoms with Crippen LogP contribution in [0.2, 0.25) is 5.02 Å². The van der Waals surface area contributed by atoms with E-state index in [1.807, 2.05) is 0 Å². The number of ether oxygens (including phenoxy) is 1. The number of methoxy groups -OCH3 is 1. The number of nitrogens with zero attached hydrogens (tertiary/aromatic N) is 3. The molecule has 0 radical (unpaired) electrons. The quantitative estimate of drug-likeness (QED) is 0.598. The maximum atomic E-state index is 13.1. The molecule has 1 fully saturated rings. The van der Waals surface area contributed by atoms with E-state index < -0.39 is 0 Å². The smallest absolute Gasteiger partial charge is 0.257 e. The van der Waals surface area contributed by atoms with Crippen LogP contribution in [0.25, 0.3) is 0 Å². The van der Waals surface area contributed by atoms with Gasteiger partial charge in [-0.25, -0.2) is 4.39 Å². The third-order valence-electron chi connectivity index (χ3n) is 5.20. The number of rotatable bonds is 5. The van der Waals surface area contributed by atoms with Crippen LogP contribution in [0, 0.1) is 5.82 Å². The summed E-state index contributed by atoms with van der Waals surface area (Å²) in [5, 5.41) is 8.80. The van der Waals surface area contributed by atoms with Crippen molar-refractivity contribution in [2.75, 3.05) is 20.2 Å². The highest BCUT2D eigenvalue weighted by molar-refractivity contribution is 6.31. The lowest BCUT2D eigenvalue weighted by atomic mass is 9.97. The molecule has 1 aliphatic rings. The maximum Gasteiger partial charge on any atom is 0.257 e. The van der Waals surface area contributed by atoms with Crippen molar-refractivity contribution >= 4 is 17.5 Å². The predicted octanol–water partition coefficient (Wildman–Crippen LogP) is 4.48. The predicted molar refractivity (Wildman–Crippen MR) is 109 cm³/mol. The topological polar surface area (TPSA) is 68.5 Å². The van der Waals surface area contributed by atoms with Gasteiger partial charge >= 0.3 is 0 Å². The van der Waals surface area contributed by atoms with Crippen molar-refractivity contribution in [3.63, 3.8) is 0 Å². The minimum Gasteiger partial charge on any atom is -0.496 e. The molecule has 6 nitrogen and oxygen atoms in total. The van der Waals surface area contributed by atoms with E-state index in [4.69, 9.17) is 20.8 Å². The molecule has 156 valence electrons. The Kier molecular flexibility index (Phi) is 5.99. The summed E-state index contributed by atoms with van der Waals surface area (Å²) in [6.45, 7) is 1.12. The molecule has 1 aromatic heterocycles. The van der Waals surface area contributed by atoms with Crippen LogP contribution in [0.5, 0.6) is 5.75 Å². The molecular weight excluding hydrogens is 409 g/mol. The Bertz CT molecular complexity index is 1040. The van der Waals surface area contributed by atoms with Gasteiger partial charge in [-0.15, -0.1) is 10.2 Å². The van der Waals surface area contributed by atoms with Crippen molar-refractivity contribution in [3.05, 3.63) is 76.2 Å². The molecule has 0 saturated carbocycles. The molecule has 30 heavy (non-hydrogen) atoms. The monoisotopic (exact) mass is 429 g/mol. The molecule has 1 saturated heterocycles. The van der Waals surface area contributed by atoms with Gasteiger partial charge in [0.05, 0.1) is 25.0 Å². The SMILES string of the molecule is COc1ccc(Cl)cc1C(=O)N1CCCC(c2nnc(Cc3ccc(F)cc3)o2)C1. The third-order valence-corrected chi connectivity index (χ3v) is 5.44. The van der Waals surface area contributed by atoms with Crippen molar-refractivity contribution in [2.24, 2.45) is 0 Å². The zero-order valence-corrected chi connectivity index (χ0v) is 17.2. The van der Waals surface area contributed by atoms with E-state index in [-0.39, 0.29) is 17.6 Å². The number of aromatic nitrogens is 2. The average Bonchev–Trinajstić information content (AvgIpc) is 3.23. The molecule has 0 bridgehead atoms. The zero-order valence-electron chi connectivity index (χ0n) is 16.5. The highest BCUT2D eigenvalue weighted by atomic mass is 35.5. The number of hydrogen-bond acceptors (Lipinski definition) is 5. The van der Waals surface area contributed by atoms with Crippen LogP contribution in [0.1, 0.15) is 46.5 Å². The Morgan fingerprint density at radius 1 is 1.27 bits per heavy atom. The molecule has 4 rings (SSSR count). The van der Waals surface area contributed by atoms with Crippen LogP contribution < -0.4 is 4.74 Å². The molecule has 1 aliphatic heterocycles.